The molecule has 8 heteroatoms. The van der Waals surface area contributed by atoms with E-state index in [0.717, 1.165) is 6.07 Å². The summed E-state index contributed by atoms with van der Waals surface area (Å²) in [5.74, 6) is -1.52. The summed E-state index contributed by atoms with van der Waals surface area (Å²) in [6.07, 6.45) is 1.56. The number of fused-ring (bicyclic) bond motifs is 1. The van der Waals surface area contributed by atoms with Crippen LogP contribution in [-0.2, 0) is 16.1 Å². The number of anilines is 2. The maximum absolute atomic E-state index is 14.2. The highest BCUT2D eigenvalue weighted by Gasteiger charge is 2.13. The number of hydrogen-bond donors (Lipinski definition) is 1. The van der Waals surface area contributed by atoms with Crippen molar-refractivity contribution in [2.45, 2.75) is 13.0 Å². The number of methoxy groups -OCH3 is 1. The molecule has 0 aliphatic carbocycles. The van der Waals surface area contributed by atoms with Crippen LogP contribution in [0.15, 0.2) is 47.4 Å². The number of carbonyl (C=O) groups is 1. The largest absolute Gasteiger partial charge is 0.469 e. The zero-order valence-electron chi connectivity index (χ0n) is 14.3. The molecular formula is C19H15F2IN2O3. The van der Waals surface area contributed by atoms with Crippen LogP contribution in [0.25, 0.3) is 10.9 Å². The second-order valence-electron chi connectivity index (χ2n) is 5.80. The molecule has 0 aliphatic rings. The Labute approximate surface area is 167 Å². The van der Waals surface area contributed by atoms with Crippen molar-refractivity contribution in [3.05, 3.63) is 68.0 Å². The van der Waals surface area contributed by atoms with Crippen molar-refractivity contribution < 1.29 is 18.3 Å². The van der Waals surface area contributed by atoms with Crippen LogP contribution in [0.4, 0.5) is 20.2 Å². The first-order valence-electron chi connectivity index (χ1n) is 8.00. The third-order valence-corrected chi connectivity index (χ3v) is 4.70. The molecule has 2 aromatic carbocycles. The number of aromatic nitrogens is 1. The van der Waals surface area contributed by atoms with Crippen molar-refractivity contribution in [3.63, 3.8) is 0 Å². The van der Waals surface area contributed by atoms with Crippen LogP contribution in [0.5, 0.6) is 0 Å². The van der Waals surface area contributed by atoms with E-state index in [9.17, 15) is 18.4 Å². The van der Waals surface area contributed by atoms with E-state index >= 15 is 0 Å². The fraction of sp³-hybridized carbons (Fsp3) is 0.158. The van der Waals surface area contributed by atoms with Gasteiger partial charge in [0.15, 0.2) is 5.43 Å². The van der Waals surface area contributed by atoms with Crippen molar-refractivity contribution >= 4 is 50.8 Å². The van der Waals surface area contributed by atoms with Gasteiger partial charge in [0.2, 0.25) is 0 Å². The summed E-state index contributed by atoms with van der Waals surface area (Å²) >= 11 is 1.98. The standard InChI is InChI=1S/C19H15F2IN2O3/c1-27-18(26)5-7-24-6-4-17(25)19-15(8-11(20)9-16(19)24)23-14-3-2-12(22)10-13(14)21/h2-4,6,8-10,23H,5,7H2,1H3. The molecule has 0 amide bonds. The lowest BCUT2D eigenvalue weighted by atomic mass is 10.1. The van der Waals surface area contributed by atoms with E-state index in [1.165, 1.54) is 37.6 Å². The predicted molar refractivity (Wildman–Crippen MR) is 107 cm³/mol. The number of nitrogens with one attached hydrogen (secondary N) is 1. The monoisotopic (exact) mass is 484 g/mol. The number of hydrogen-bond acceptors (Lipinski definition) is 4. The molecule has 1 N–H and O–H groups in total. The van der Waals surface area contributed by atoms with Crippen LogP contribution in [-0.4, -0.2) is 17.6 Å². The van der Waals surface area contributed by atoms with Crippen molar-refractivity contribution in [1.29, 1.82) is 0 Å². The van der Waals surface area contributed by atoms with Crippen LogP contribution >= 0.6 is 22.6 Å². The molecule has 0 radical (unpaired) electrons. The number of esters is 1. The number of ether oxygens (including phenoxy) is 1. The van der Waals surface area contributed by atoms with E-state index in [1.807, 2.05) is 22.6 Å². The van der Waals surface area contributed by atoms with Crippen LogP contribution in [0.1, 0.15) is 6.42 Å². The van der Waals surface area contributed by atoms with Gasteiger partial charge >= 0.3 is 5.97 Å². The maximum Gasteiger partial charge on any atom is 0.307 e. The topological polar surface area (TPSA) is 60.3 Å². The van der Waals surface area contributed by atoms with Gasteiger partial charge in [-0.15, -0.1) is 0 Å². The number of aryl methyl sites for hydroxylation is 1. The van der Waals surface area contributed by atoms with Gasteiger partial charge in [0.25, 0.3) is 0 Å². The minimum absolute atomic E-state index is 0.0689. The van der Waals surface area contributed by atoms with Crippen LogP contribution in [0.3, 0.4) is 0 Å². The van der Waals surface area contributed by atoms with Gasteiger partial charge in [-0.25, -0.2) is 8.78 Å². The zero-order chi connectivity index (χ0) is 19.6. The Hall–Kier alpha value is -2.49. The van der Waals surface area contributed by atoms with Gasteiger partial charge < -0.3 is 14.6 Å². The molecular weight excluding hydrogens is 469 g/mol. The summed E-state index contributed by atoms with van der Waals surface area (Å²) < 4.78 is 35.3. The summed E-state index contributed by atoms with van der Waals surface area (Å²) in [5, 5.41) is 3.01. The highest BCUT2D eigenvalue weighted by Crippen LogP contribution is 2.28. The van der Waals surface area contributed by atoms with Crippen molar-refractivity contribution in [2.24, 2.45) is 0 Å². The molecule has 0 unspecified atom stereocenters. The molecule has 0 bridgehead atoms. The maximum atomic E-state index is 14.2. The predicted octanol–water partition coefficient (Wildman–Crippen LogP) is 4.19. The Bertz CT molecular complexity index is 1080. The average Bonchev–Trinajstić information content (AvgIpc) is 2.62. The number of halogens is 3. The van der Waals surface area contributed by atoms with Crippen molar-refractivity contribution in [1.82, 2.24) is 4.57 Å². The number of pyridine rings is 1. The van der Waals surface area contributed by atoms with Gasteiger partial charge in [0, 0.05) is 22.4 Å². The SMILES string of the molecule is COC(=O)CCn1ccc(=O)c2c(Nc3ccc(I)cc3F)cc(F)cc21. The Kier molecular flexibility index (Phi) is 5.73. The molecule has 5 nitrogen and oxygen atoms in total. The number of carbonyl (C=O) groups excluding carboxylic acids is 1. The molecule has 3 aromatic rings. The number of rotatable bonds is 5. The summed E-state index contributed by atoms with van der Waals surface area (Å²) in [6.45, 7) is 0.213. The van der Waals surface area contributed by atoms with Crippen LogP contribution in [0.2, 0.25) is 0 Å². The minimum Gasteiger partial charge on any atom is -0.469 e. The highest BCUT2D eigenvalue weighted by molar-refractivity contribution is 14.1. The lowest BCUT2D eigenvalue weighted by molar-refractivity contribution is -0.140. The van der Waals surface area contributed by atoms with Crippen LogP contribution < -0.4 is 10.7 Å². The second-order valence-corrected chi connectivity index (χ2v) is 7.04. The Balaban J connectivity index is 2.10. The van der Waals surface area contributed by atoms with Gasteiger partial charge in [-0.3, -0.25) is 9.59 Å². The molecule has 0 atom stereocenters. The smallest absolute Gasteiger partial charge is 0.307 e. The van der Waals surface area contributed by atoms with E-state index in [1.54, 1.807) is 10.6 Å². The average molecular weight is 484 g/mol. The van der Waals surface area contributed by atoms with E-state index < -0.39 is 17.6 Å². The molecule has 0 spiro atoms. The fourth-order valence-electron chi connectivity index (χ4n) is 2.74. The van der Waals surface area contributed by atoms with Gasteiger partial charge in [0.1, 0.15) is 11.6 Å². The quantitative estimate of drug-likeness (QED) is 0.436. The second kappa shape index (κ2) is 8.03. The summed E-state index contributed by atoms with van der Waals surface area (Å²) in [6, 6.07) is 8.23. The summed E-state index contributed by atoms with van der Waals surface area (Å²) in [4.78, 5) is 23.8. The Morgan fingerprint density at radius 3 is 2.67 bits per heavy atom. The van der Waals surface area contributed by atoms with Crippen LogP contribution in [0, 0.1) is 15.2 Å². The summed E-state index contributed by atoms with van der Waals surface area (Å²) in [5.41, 5.74) is 0.252. The lowest BCUT2D eigenvalue weighted by Gasteiger charge is -2.15. The first kappa shape index (κ1) is 19.3. The van der Waals surface area contributed by atoms with Gasteiger partial charge in [-0.2, -0.15) is 0 Å². The molecule has 0 aliphatic heterocycles. The molecule has 27 heavy (non-hydrogen) atoms. The van der Waals surface area contributed by atoms with Crippen molar-refractivity contribution in [2.75, 3.05) is 12.4 Å². The van der Waals surface area contributed by atoms with E-state index in [4.69, 9.17) is 0 Å². The molecule has 0 saturated carbocycles. The fourth-order valence-corrected chi connectivity index (χ4v) is 3.20. The molecule has 1 aromatic heterocycles. The Morgan fingerprint density at radius 1 is 1.19 bits per heavy atom. The normalized spacial score (nSPS) is 10.8. The minimum atomic E-state index is -0.590. The van der Waals surface area contributed by atoms with Gasteiger partial charge in [-0.1, -0.05) is 0 Å². The lowest BCUT2D eigenvalue weighted by Crippen LogP contribution is -2.13. The third kappa shape index (κ3) is 4.26. The molecule has 3 rings (SSSR count). The first-order chi connectivity index (χ1) is 12.9. The number of benzene rings is 2. The van der Waals surface area contributed by atoms with E-state index in [2.05, 4.69) is 10.1 Å². The van der Waals surface area contributed by atoms with Crippen molar-refractivity contribution in [3.8, 4) is 0 Å². The molecule has 0 fully saturated rings. The first-order valence-corrected chi connectivity index (χ1v) is 9.08. The number of nitrogens with zero attached hydrogens (tertiary/aromatic N) is 1. The molecule has 140 valence electrons. The Morgan fingerprint density at radius 2 is 1.96 bits per heavy atom. The molecule has 1 heterocycles. The summed E-state index contributed by atoms with van der Waals surface area (Å²) in [7, 11) is 1.28. The zero-order valence-corrected chi connectivity index (χ0v) is 16.4. The van der Waals surface area contributed by atoms with Gasteiger partial charge in [0.05, 0.1) is 35.8 Å². The van der Waals surface area contributed by atoms with E-state index in [0.29, 0.717) is 9.09 Å². The van der Waals surface area contributed by atoms with E-state index in [-0.39, 0.29) is 35.2 Å². The van der Waals surface area contributed by atoms with Gasteiger partial charge in [-0.05, 0) is 52.9 Å². The molecule has 0 saturated heterocycles. The third-order valence-electron chi connectivity index (χ3n) is 4.03. The highest BCUT2D eigenvalue weighted by atomic mass is 127.